The van der Waals surface area contributed by atoms with E-state index >= 15 is 0 Å². The fourth-order valence-electron chi connectivity index (χ4n) is 4.02. The molecule has 39 heavy (non-hydrogen) atoms. The van der Waals surface area contributed by atoms with Crippen LogP contribution in [0.3, 0.4) is 0 Å². The molecule has 1 amide bonds. The van der Waals surface area contributed by atoms with E-state index in [0.29, 0.717) is 5.56 Å². The molecule has 0 aliphatic heterocycles. The smallest absolute Gasteiger partial charge is 0.416 e. The van der Waals surface area contributed by atoms with Crippen LogP contribution in [0, 0.1) is 12.7 Å². The molecule has 0 radical (unpaired) electrons. The predicted molar refractivity (Wildman–Crippen MR) is 141 cm³/mol. The van der Waals surface area contributed by atoms with E-state index in [9.17, 15) is 31.9 Å². The van der Waals surface area contributed by atoms with Gasteiger partial charge in [0.15, 0.2) is 0 Å². The lowest BCUT2D eigenvalue weighted by molar-refractivity contribution is -0.138. The lowest BCUT2D eigenvalue weighted by atomic mass is 10.1. The van der Waals surface area contributed by atoms with Crippen LogP contribution in [-0.2, 0) is 24.0 Å². The van der Waals surface area contributed by atoms with Gasteiger partial charge in [0.1, 0.15) is 15.9 Å². The Kier molecular flexibility index (Phi) is 8.79. The number of amides is 1. The third-order valence-electron chi connectivity index (χ3n) is 6.05. The van der Waals surface area contributed by atoms with Crippen molar-refractivity contribution in [3.63, 3.8) is 0 Å². The number of carbonyl (C=O) groups excluding carboxylic acids is 1. The number of rotatable bonds is 6. The van der Waals surface area contributed by atoms with E-state index in [1.165, 1.54) is 18.9 Å². The largest absolute Gasteiger partial charge is 0.444 e. The van der Waals surface area contributed by atoms with Crippen LogP contribution < -0.4 is 11.2 Å². The van der Waals surface area contributed by atoms with Crippen LogP contribution in [0.15, 0.2) is 62.6 Å². The minimum Gasteiger partial charge on any atom is -0.444 e. The molecule has 0 N–H and O–H groups in total. The summed E-state index contributed by atoms with van der Waals surface area (Å²) < 4.78 is 62.6. The highest BCUT2D eigenvalue weighted by Crippen LogP contribution is 2.33. The second kappa shape index (κ2) is 11.4. The van der Waals surface area contributed by atoms with E-state index in [4.69, 9.17) is 4.74 Å². The first kappa shape index (κ1) is 30.1. The van der Waals surface area contributed by atoms with Crippen molar-refractivity contribution in [3.8, 4) is 0 Å². The van der Waals surface area contributed by atoms with Crippen molar-refractivity contribution in [1.82, 2.24) is 14.0 Å². The van der Waals surface area contributed by atoms with E-state index in [-0.39, 0.29) is 16.7 Å². The van der Waals surface area contributed by atoms with E-state index in [1.807, 2.05) is 0 Å². The summed E-state index contributed by atoms with van der Waals surface area (Å²) in [4.78, 5) is 41.0. The fraction of sp³-hybridized carbons (Fsp3) is 0.370. The Labute approximate surface area is 230 Å². The number of benzene rings is 2. The molecule has 1 aromatic heterocycles. The van der Waals surface area contributed by atoms with Gasteiger partial charge < -0.3 is 9.64 Å². The van der Waals surface area contributed by atoms with Crippen molar-refractivity contribution in [1.29, 1.82) is 0 Å². The summed E-state index contributed by atoms with van der Waals surface area (Å²) in [5, 5.41) is 0. The van der Waals surface area contributed by atoms with Crippen molar-refractivity contribution in [2.75, 3.05) is 7.05 Å². The highest BCUT2D eigenvalue weighted by molar-refractivity contribution is 9.10. The number of alkyl halides is 3. The normalized spacial score (nSPS) is 12.8. The zero-order valence-corrected chi connectivity index (χ0v) is 23.6. The molecule has 7 nitrogen and oxygen atoms in total. The van der Waals surface area contributed by atoms with Gasteiger partial charge in [-0.25, -0.2) is 14.0 Å². The van der Waals surface area contributed by atoms with Crippen molar-refractivity contribution in [2.45, 2.75) is 58.6 Å². The average Bonchev–Trinajstić information content (AvgIpc) is 2.84. The molecule has 3 aromatic rings. The average molecular weight is 614 g/mol. The molecule has 0 bridgehead atoms. The van der Waals surface area contributed by atoms with Crippen LogP contribution in [0.25, 0.3) is 0 Å². The highest BCUT2D eigenvalue weighted by Gasteiger charge is 2.35. The first-order chi connectivity index (χ1) is 18.0. The Hall–Kier alpha value is -3.41. The van der Waals surface area contributed by atoms with Crippen molar-refractivity contribution in [3.05, 3.63) is 102 Å². The van der Waals surface area contributed by atoms with Crippen LogP contribution in [0.1, 0.15) is 49.2 Å². The van der Waals surface area contributed by atoms with Gasteiger partial charge in [0, 0.05) is 18.3 Å². The topological polar surface area (TPSA) is 73.5 Å². The monoisotopic (exact) mass is 613 g/mol. The van der Waals surface area contributed by atoms with Crippen molar-refractivity contribution >= 4 is 22.0 Å². The first-order valence-electron chi connectivity index (χ1n) is 11.9. The molecular weight excluding hydrogens is 586 g/mol. The van der Waals surface area contributed by atoms with E-state index < -0.39 is 58.7 Å². The quantitative estimate of drug-likeness (QED) is 0.325. The van der Waals surface area contributed by atoms with Gasteiger partial charge in [-0.2, -0.15) is 13.2 Å². The number of aromatic nitrogens is 2. The molecule has 0 aliphatic rings. The molecule has 0 aliphatic carbocycles. The molecule has 1 unspecified atom stereocenters. The van der Waals surface area contributed by atoms with Crippen LogP contribution in [-0.4, -0.2) is 32.8 Å². The summed E-state index contributed by atoms with van der Waals surface area (Å²) in [6.45, 7) is 5.31. The first-order valence-corrected chi connectivity index (χ1v) is 12.7. The number of likely N-dealkylation sites (N-methyl/N-ethyl adjacent to an activating group) is 1. The standard InChI is InChI=1S/C27H28BrF4N3O4/c1-16-22(28)23(36)35(24(37)34(16)14-18-19(27(30,31)32)12-9-13-20(18)29)15-21(17-10-7-6-8-11-17)33(5)25(38)39-26(2,3)4/h6-13,21H,14-15H2,1-5H3. The zero-order chi connectivity index (χ0) is 29.3. The lowest BCUT2D eigenvalue weighted by Crippen LogP contribution is -2.46. The van der Waals surface area contributed by atoms with E-state index in [2.05, 4.69) is 15.9 Å². The summed E-state index contributed by atoms with van der Waals surface area (Å²) in [7, 11) is 1.45. The molecule has 1 heterocycles. The molecule has 3 rings (SSSR count). The number of halogens is 5. The predicted octanol–water partition coefficient (Wildman–Crippen LogP) is 5.90. The molecule has 1 atom stereocenters. The van der Waals surface area contributed by atoms with Crippen LogP contribution in [0.5, 0.6) is 0 Å². The summed E-state index contributed by atoms with van der Waals surface area (Å²) in [5.41, 5.74) is -3.90. The van der Waals surface area contributed by atoms with Crippen LogP contribution >= 0.6 is 15.9 Å². The molecule has 0 saturated carbocycles. The zero-order valence-electron chi connectivity index (χ0n) is 22.0. The molecule has 0 saturated heterocycles. The molecule has 0 fully saturated rings. The molecule has 0 spiro atoms. The summed E-state index contributed by atoms with van der Waals surface area (Å²) >= 11 is 3.14. The van der Waals surface area contributed by atoms with Gasteiger partial charge in [0.05, 0.1) is 24.7 Å². The Morgan fingerprint density at radius 1 is 1.03 bits per heavy atom. The minimum absolute atomic E-state index is 0.0226. The van der Waals surface area contributed by atoms with Gasteiger partial charge in [0.2, 0.25) is 0 Å². The Balaban J connectivity index is 2.16. The van der Waals surface area contributed by atoms with Gasteiger partial charge in [-0.05, 0) is 61.3 Å². The lowest BCUT2D eigenvalue weighted by Gasteiger charge is -2.31. The number of carbonyl (C=O) groups is 1. The van der Waals surface area contributed by atoms with Gasteiger partial charge in [0.25, 0.3) is 5.56 Å². The number of nitrogens with zero attached hydrogens (tertiary/aromatic N) is 3. The number of ether oxygens (including phenoxy) is 1. The Morgan fingerprint density at radius 2 is 1.64 bits per heavy atom. The van der Waals surface area contributed by atoms with E-state index in [1.54, 1.807) is 51.1 Å². The maximum atomic E-state index is 14.6. The second-order valence-corrected chi connectivity index (χ2v) is 10.8. The number of hydrogen-bond acceptors (Lipinski definition) is 4. The Morgan fingerprint density at radius 3 is 2.21 bits per heavy atom. The van der Waals surface area contributed by atoms with Crippen molar-refractivity contribution < 1.29 is 27.1 Å². The summed E-state index contributed by atoms with van der Waals surface area (Å²) in [6, 6.07) is 10.3. The van der Waals surface area contributed by atoms with Gasteiger partial charge in [-0.3, -0.25) is 13.9 Å². The van der Waals surface area contributed by atoms with Crippen molar-refractivity contribution in [2.24, 2.45) is 0 Å². The van der Waals surface area contributed by atoms with Crippen LogP contribution in [0.4, 0.5) is 22.4 Å². The maximum absolute atomic E-state index is 14.6. The van der Waals surface area contributed by atoms with Gasteiger partial charge in [-0.1, -0.05) is 36.4 Å². The Bertz CT molecular complexity index is 1480. The van der Waals surface area contributed by atoms with E-state index in [0.717, 1.165) is 27.3 Å². The fourth-order valence-corrected chi connectivity index (χ4v) is 4.45. The molecule has 210 valence electrons. The second-order valence-electron chi connectivity index (χ2n) is 9.97. The number of hydrogen-bond donors (Lipinski definition) is 0. The van der Waals surface area contributed by atoms with Gasteiger partial charge >= 0.3 is 18.0 Å². The summed E-state index contributed by atoms with van der Waals surface area (Å²) in [6.07, 6.45) is -5.58. The third-order valence-corrected chi connectivity index (χ3v) is 6.96. The molecule has 12 heteroatoms. The third kappa shape index (κ3) is 6.78. The molecule has 2 aromatic carbocycles. The minimum atomic E-state index is -4.87. The summed E-state index contributed by atoms with van der Waals surface area (Å²) in [5.74, 6) is -1.14. The highest BCUT2D eigenvalue weighted by atomic mass is 79.9. The van der Waals surface area contributed by atoms with Gasteiger partial charge in [-0.15, -0.1) is 0 Å². The SMILES string of the molecule is Cc1c(Br)c(=O)n(CC(c2ccccc2)N(C)C(=O)OC(C)(C)C)c(=O)n1Cc1c(F)cccc1C(F)(F)F. The van der Waals surface area contributed by atoms with Crippen LogP contribution in [0.2, 0.25) is 0 Å². The maximum Gasteiger partial charge on any atom is 0.416 e. The molecular formula is C27H28BrF4N3O4.